The number of anilines is 1. The van der Waals surface area contributed by atoms with Crippen molar-refractivity contribution in [2.24, 2.45) is 0 Å². The van der Waals surface area contributed by atoms with Crippen LogP contribution in [0.3, 0.4) is 0 Å². The van der Waals surface area contributed by atoms with E-state index in [0.29, 0.717) is 48.4 Å². The van der Waals surface area contributed by atoms with Crippen molar-refractivity contribution in [1.29, 1.82) is 0 Å². The molecule has 4 rings (SSSR count). The van der Waals surface area contributed by atoms with E-state index < -0.39 is 10.0 Å². The molecule has 3 heterocycles. The molecule has 0 bridgehead atoms. The lowest BCUT2D eigenvalue weighted by molar-refractivity contribution is 0.383. The minimum absolute atomic E-state index is 0.0533. The Labute approximate surface area is 187 Å². The minimum Gasteiger partial charge on any atom is -0.354 e. The molecule has 0 saturated carbocycles. The molecule has 0 spiro atoms. The fourth-order valence-electron chi connectivity index (χ4n) is 3.79. The first-order valence-electron chi connectivity index (χ1n) is 10.1. The molecule has 1 fully saturated rings. The van der Waals surface area contributed by atoms with Gasteiger partial charge in [-0.15, -0.1) is 0 Å². The Hall–Kier alpha value is -2.49. The van der Waals surface area contributed by atoms with Crippen molar-refractivity contribution in [3.63, 3.8) is 0 Å². The smallest absolute Gasteiger partial charge is 0.218 e. The monoisotopic (exact) mass is 460 g/mol. The normalized spacial score (nSPS) is 15.4. The number of rotatable bonds is 5. The van der Waals surface area contributed by atoms with Crippen LogP contribution in [-0.4, -0.2) is 58.7 Å². The maximum absolute atomic E-state index is 12.9. The number of aromatic nitrogens is 4. The Morgan fingerprint density at radius 2 is 1.68 bits per heavy atom. The van der Waals surface area contributed by atoms with Crippen molar-refractivity contribution < 1.29 is 8.42 Å². The van der Waals surface area contributed by atoms with Gasteiger partial charge in [0.05, 0.1) is 11.4 Å². The number of hydrogen-bond acceptors (Lipinski definition) is 6. The lowest BCUT2D eigenvalue weighted by Crippen LogP contribution is -2.49. The number of benzene rings is 1. The zero-order valence-corrected chi connectivity index (χ0v) is 19.4. The summed E-state index contributed by atoms with van der Waals surface area (Å²) in [5, 5.41) is 5.05. The molecule has 0 N–H and O–H groups in total. The second-order valence-electron chi connectivity index (χ2n) is 7.74. The van der Waals surface area contributed by atoms with Gasteiger partial charge in [-0.05, 0) is 44.5 Å². The third-order valence-corrected chi connectivity index (χ3v) is 7.32. The van der Waals surface area contributed by atoms with Crippen LogP contribution < -0.4 is 4.90 Å². The third kappa shape index (κ3) is 4.89. The van der Waals surface area contributed by atoms with E-state index in [1.807, 2.05) is 32.9 Å². The lowest BCUT2D eigenvalue weighted by Gasteiger charge is -2.34. The number of aryl methyl sites for hydroxylation is 3. The minimum atomic E-state index is -3.42. The van der Waals surface area contributed by atoms with Crippen LogP contribution >= 0.6 is 11.6 Å². The Morgan fingerprint density at radius 1 is 0.968 bits per heavy atom. The highest BCUT2D eigenvalue weighted by Gasteiger charge is 2.28. The van der Waals surface area contributed by atoms with E-state index in [9.17, 15) is 8.42 Å². The highest BCUT2D eigenvalue weighted by molar-refractivity contribution is 7.88. The molecule has 164 valence electrons. The van der Waals surface area contributed by atoms with E-state index in [1.165, 1.54) is 0 Å². The SMILES string of the molecule is Cc1cc(C)n(-c2cc(N3CCN(S(=O)(=O)Cc4cccc(Cl)c4)CC3)nc(C)n2)n1. The van der Waals surface area contributed by atoms with E-state index in [2.05, 4.69) is 20.0 Å². The van der Waals surface area contributed by atoms with Crippen LogP contribution in [0, 0.1) is 20.8 Å². The summed E-state index contributed by atoms with van der Waals surface area (Å²) in [6, 6.07) is 10.9. The van der Waals surface area contributed by atoms with Gasteiger partial charge in [-0.3, -0.25) is 0 Å². The summed E-state index contributed by atoms with van der Waals surface area (Å²) in [5.41, 5.74) is 2.61. The van der Waals surface area contributed by atoms with E-state index in [4.69, 9.17) is 11.6 Å². The first-order chi connectivity index (χ1) is 14.7. The van der Waals surface area contributed by atoms with Crippen LogP contribution in [-0.2, 0) is 15.8 Å². The van der Waals surface area contributed by atoms with Crippen molar-refractivity contribution in [3.8, 4) is 5.82 Å². The van der Waals surface area contributed by atoms with Gasteiger partial charge in [0.2, 0.25) is 10.0 Å². The van der Waals surface area contributed by atoms with Gasteiger partial charge < -0.3 is 4.90 Å². The highest BCUT2D eigenvalue weighted by atomic mass is 35.5. The molecular formula is C21H25ClN6O2S. The number of hydrogen-bond donors (Lipinski definition) is 0. The molecular weight excluding hydrogens is 436 g/mol. The fourth-order valence-corrected chi connectivity index (χ4v) is 5.51. The lowest BCUT2D eigenvalue weighted by atomic mass is 10.2. The summed E-state index contributed by atoms with van der Waals surface area (Å²) >= 11 is 5.99. The molecule has 1 aliphatic heterocycles. The first-order valence-corrected chi connectivity index (χ1v) is 12.1. The molecule has 0 aliphatic carbocycles. The van der Waals surface area contributed by atoms with E-state index >= 15 is 0 Å². The summed E-state index contributed by atoms with van der Waals surface area (Å²) in [5.74, 6) is 2.09. The largest absolute Gasteiger partial charge is 0.354 e. The average molecular weight is 461 g/mol. The molecule has 0 amide bonds. The van der Waals surface area contributed by atoms with Crippen LogP contribution in [0.4, 0.5) is 5.82 Å². The molecule has 1 saturated heterocycles. The summed E-state index contributed by atoms with van der Waals surface area (Å²) < 4.78 is 29.1. The molecule has 31 heavy (non-hydrogen) atoms. The van der Waals surface area contributed by atoms with Crippen LogP contribution in [0.15, 0.2) is 36.4 Å². The Balaban J connectivity index is 1.48. The number of piperazine rings is 1. The van der Waals surface area contributed by atoms with Crippen LogP contribution in [0.25, 0.3) is 5.82 Å². The zero-order valence-electron chi connectivity index (χ0n) is 17.8. The predicted octanol–water partition coefficient (Wildman–Crippen LogP) is 2.89. The van der Waals surface area contributed by atoms with Crippen molar-refractivity contribution in [1.82, 2.24) is 24.1 Å². The van der Waals surface area contributed by atoms with Crippen molar-refractivity contribution in [3.05, 3.63) is 64.2 Å². The van der Waals surface area contributed by atoms with Gasteiger partial charge in [-0.2, -0.15) is 9.40 Å². The molecule has 2 aromatic heterocycles. The third-order valence-electron chi connectivity index (χ3n) is 5.23. The highest BCUT2D eigenvalue weighted by Crippen LogP contribution is 2.21. The topological polar surface area (TPSA) is 84.2 Å². The Kier molecular flexibility index (Phi) is 6.00. The van der Waals surface area contributed by atoms with Crippen LogP contribution in [0.1, 0.15) is 22.8 Å². The van der Waals surface area contributed by atoms with Gasteiger partial charge in [0.1, 0.15) is 11.6 Å². The quantitative estimate of drug-likeness (QED) is 0.582. The molecule has 3 aromatic rings. The molecule has 1 aliphatic rings. The molecule has 8 nitrogen and oxygen atoms in total. The van der Waals surface area contributed by atoms with Crippen LogP contribution in [0.5, 0.6) is 0 Å². The van der Waals surface area contributed by atoms with Crippen molar-refractivity contribution in [2.75, 3.05) is 31.1 Å². The van der Waals surface area contributed by atoms with Crippen LogP contribution in [0.2, 0.25) is 5.02 Å². The van der Waals surface area contributed by atoms with E-state index in [-0.39, 0.29) is 5.75 Å². The molecule has 10 heteroatoms. The Bertz CT molecular complexity index is 1200. The number of halogens is 1. The maximum atomic E-state index is 12.9. The molecule has 1 aromatic carbocycles. The van der Waals surface area contributed by atoms with Gasteiger partial charge in [-0.1, -0.05) is 23.7 Å². The zero-order chi connectivity index (χ0) is 22.2. The van der Waals surface area contributed by atoms with Crippen molar-refractivity contribution in [2.45, 2.75) is 26.5 Å². The van der Waals surface area contributed by atoms with Gasteiger partial charge in [0.25, 0.3) is 0 Å². The van der Waals surface area contributed by atoms with Crippen molar-refractivity contribution >= 4 is 27.4 Å². The van der Waals surface area contributed by atoms with Gasteiger partial charge in [-0.25, -0.2) is 23.1 Å². The molecule has 0 atom stereocenters. The second-order valence-corrected chi connectivity index (χ2v) is 10.1. The maximum Gasteiger partial charge on any atom is 0.218 e. The van der Waals surface area contributed by atoms with Gasteiger partial charge >= 0.3 is 0 Å². The van der Waals surface area contributed by atoms with Gasteiger partial charge in [0.15, 0.2) is 5.82 Å². The predicted molar refractivity (Wildman–Crippen MR) is 121 cm³/mol. The second kappa shape index (κ2) is 8.57. The van der Waals surface area contributed by atoms with E-state index in [1.54, 1.807) is 33.3 Å². The summed E-state index contributed by atoms with van der Waals surface area (Å²) in [7, 11) is -3.42. The summed E-state index contributed by atoms with van der Waals surface area (Å²) in [6.07, 6.45) is 0. The summed E-state index contributed by atoms with van der Waals surface area (Å²) in [6.45, 7) is 7.71. The Morgan fingerprint density at radius 3 is 2.32 bits per heavy atom. The molecule has 0 unspecified atom stereocenters. The van der Waals surface area contributed by atoms with E-state index in [0.717, 1.165) is 17.2 Å². The molecule has 0 radical (unpaired) electrons. The standard InChI is InChI=1S/C21H25ClN6O2S/c1-15-11-16(2)28(25-15)21-13-20(23-17(3)24-21)26-7-9-27(10-8-26)31(29,30)14-18-5-4-6-19(22)12-18/h4-6,11-13H,7-10,14H2,1-3H3. The first kappa shape index (κ1) is 21.7. The average Bonchev–Trinajstić information content (AvgIpc) is 3.05. The fraction of sp³-hybridized carbons (Fsp3) is 0.381. The summed E-state index contributed by atoms with van der Waals surface area (Å²) in [4.78, 5) is 11.2. The van der Waals surface area contributed by atoms with Gasteiger partial charge in [0, 0.05) is 43.0 Å². The number of nitrogens with zero attached hydrogens (tertiary/aromatic N) is 6. The number of sulfonamides is 1.